The van der Waals surface area contributed by atoms with Crippen LogP contribution < -0.4 is 5.32 Å². The number of nitrogens with one attached hydrogen (secondary N) is 1. The predicted molar refractivity (Wildman–Crippen MR) is 92.8 cm³/mol. The Morgan fingerprint density at radius 1 is 1.21 bits per heavy atom. The summed E-state index contributed by atoms with van der Waals surface area (Å²) >= 11 is 0. The minimum Gasteiger partial charge on any atom is -0.322 e. The quantitative estimate of drug-likeness (QED) is 0.789. The van der Waals surface area contributed by atoms with E-state index in [0.717, 1.165) is 40.3 Å². The van der Waals surface area contributed by atoms with E-state index in [1.807, 2.05) is 45.0 Å². The van der Waals surface area contributed by atoms with Crippen LogP contribution >= 0.6 is 0 Å². The van der Waals surface area contributed by atoms with Crippen molar-refractivity contribution in [2.75, 3.05) is 5.32 Å². The predicted octanol–water partition coefficient (Wildman–Crippen LogP) is 2.92. The first-order chi connectivity index (χ1) is 11.5. The topological polar surface area (TPSA) is 71.7 Å². The smallest absolute Gasteiger partial charge is 0.257 e. The zero-order chi connectivity index (χ0) is 16.8. The summed E-state index contributed by atoms with van der Waals surface area (Å²) in [4.78, 5) is 17.2. The van der Waals surface area contributed by atoms with E-state index < -0.39 is 0 Å². The van der Waals surface area contributed by atoms with Gasteiger partial charge in [0.2, 0.25) is 0 Å². The number of amides is 1. The minimum atomic E-state index is -0.144. The lowest BCUT2D eigenvalue weighted by molar-refractivity contribution is 0.102. The number of nitrogens with zero attached hydrogens (tertiary/aromatic N) is 4. The van der Waals surface area contributed by atoms with Gasteiger partial charge in [-0.15, -0.1) is 5.10 Å². The van der Waals surface area contributed by atoms with Crippen LogP contribution in [-0.2, 0) is 6.54 Å². The Hall–Kier alpha value is -3.02. The molecule has 4 rings (SSSR count). The lowest BCUT2D eigenvalue weighted by Gasteiger charge is -2.12. The fraction of sp³-hybridized carbons (Fsp3) is 0.222. The highest BCUT2D eigenvalue weighted by Crippen LogP contribution is 2.24. The van der Waals surface area contributed by atoms with Crippen molar-refractivity contribution in [2.24, 2.45) is 4.99 Å². The van der Waals surface area contributed by atoms with Crippen molar-refractivity contribution in [3.05, 3.63) is 58.4 Å². The second-order valence-corrected chi connectivity index (χ2v) is 6.09. The molecule has 0 unspecified atom stereocenters. The molecule has 6 heteroatoms. The molecular weight excluding hydrogens is 302 g/mol. The van der Waals surface area contributed by atoms with Crippen LogP contribution in [0.4, 0.5) is 5.69 Å². The molecule has 120 valence electrons. The van der Waals surface area contributed by atoms with Gasteiger partial charge in [-0.2, -0.15) is 0 Å². The maximum atomic E-state index is 12.8. The van der Waals surface area contributed by atoms with Gasteiger partial charge in [0.25, 0.3) is 5.91 Å². The van der Waals surface area contributed by atoms with Crippen LogP contribution in [0, 0.1) is 13.8 Å². The average Bonchev–Trinajstić information content (AvgIpc) is 3.15. The Morgan fingerprint density at radius 3 is 2.88 bits per heavy atom. The van der Waals surface area contributed by atoms with Gasteiger partial charge >= 0.3 is 0 Å². The Morgan fingerprint density at radius 2 is 2.04 bits per heavy atom. The molecule has 1 aliphatic heterocycles. The first-order valence-corrected chi connectivity index (χ1v) is 7.81. The summed E-state index contributed by atoms with van der Waals surface area (Å²) in [5, 5.41) is 10.9. The third kappa shape index (κ3) is 2.19. The number of carbonyl (C=O) groups is 1. The van der Waals surface area contributed by atoms with Gasteiger partial charge in [-0.05, 0) is 50.1 Å². The largest absolute Gasteiger partial charge is 0.322 e. The minimum absolute atomic E-state index is 0.144. The molecule has 1 aliphatic rings. The number of rotatable bonds is 2. The maximum absolute atomic E-state index is 12.8. The van der Waals surface area contributed by atoms with Crippen molar-refractivity contribution < 1.29 is 4.79 Å². The summed E-state index contributed by atoms with van der Waals surface area (Å²) in [5.74, 6) is -0.144. The number of anilines is 1. The van der Waals surface area contributed by atoms with E-state index in [1.165, 1.54) is 5.56 Å². The number of aryl methyl sites for hydroxylation is 2. The van der Waals surface area contributed by atoms with E-state index in [0.29, 0.717) is 5.56 Å². The van der Waals surface area contributed by atoms with E-state index >= 15 is 0 Å². The SMILES string of the molecule is CC1=NCc2ccc(NC(=O)c3c(C)cc4cnnn4c3C)cc21. The number of benzene rings is 1. The molecule has 24 heavy (non-hydrogen) atoms. The van der Waals surface area contributed by atoms with Crippen LogP contribution in [0.2, 0.25) is 0 Å². The van der Waals surface area contributed by atoms with E-state index in [1.54, 1.807) is 10.7 Å². The number of aromatic nitrogens is 3. The molecular formula is C18H17N5O. The molecule has 3 aromatic rings. The molecule has 1 amide bonds. The van der Waals surface area contributed by atoms with E-state index in [2.05, 4.69) is 20.6 Å². The summed E-state index contributed by atoms with van der Waals surface area (Å²) in [5.41, 5.74) is 7.27. The molecule has 3 heterocycles. The highest BCUT2D eigenvalue weighted by atomic mass is 16.1. The van der Waals surface area contributed by atoms with Crippen LogP contribution in [0.25, 0.3) is 5.52 Å². The van der Waals surface area contributed by atoms with Crippen molar-refractivity contribution >= 4 is 22.8 Å². The zero-order valence-electron chi connectivity index (χ0n) is 13.8. The Bertz CT molecular complexity index is 1020. The molecule has 0 spiro atoms. The highest BCUT2D eigenvalue weighted by molar-refractivity contribution is 6.08. The zero-order valence-corrected chi connectivity index (χ0v) is 13.8. The summed E-state index contributed by atoms with van der Waals surface area (Å²) in [6.45, 7) is 6.51. The van der Waals surface area contributed by atoms with Gasteiger partial charge in [0, 0.05) is 17.0 Å². The lowest BCUT2D eigenvalue weighted by atomic mass is 10.0. The second kappa shape index (κ2) is 5.26. The van der Waals surface area contributed by atoms with Gasteiger partial charge in [0.05, 0.1) is 29.5 Å². The summed E-state index contributed by atoms with van der Waals surface area (Å²) in [6, 6.07) is 7.84. The standard InChI is InChI=1S/C18H17N5O/c1-10-6-15-9-20-22-23(15)12(3)17(10)18(24)21-14-5-4-13-8-19-11(2)16(13)7-14/h4-7,9H,8H2,1-3H3,(H,21,24). The molecule has 6 nitrogen and oxygen atoms in total. The van der Waals surface area contributed by atoms with Crippen LogP contribution in [0.15, 0.2) is 35.5 Å². The van der Waals surface area contributed by atoms with E-state index in [9.17, 15) is 4.79 Å². The van der Waals surface area contributed by atoms with Gasteiger partial charge in [0.1, 0.15) is 0 Å². The maximum Gasteiger partial charge on any atom is 0.257 e. The normalized spacial score (nSPS) is 13.0. The molecule has 0 saturated carbocycles. The van der Waals surface area contributed by atoms with Crippen LogP contribution in [0.3, 0.4) is 0 Å². The summed E-state index contributed by atoms with van der Waals surface area (Å²) in [6.07, 6.45) is 1.68. The molecule has 2 aromatic heterocycles. The monoisotopic (exact) mass is 319 g/mol. The van der Waals surface area contributed by atoms with Crippen molar-refractivity contribution in [3.8, 4) is 0 Å². The van der Waals surface area contributed by atoms with E-state index in [4.69, 9.17) is 0 Å². The Balaban J connectivity index is 1.70. The molecule has 0 saturated heterocycles. The lowest BCUT2D eigenvalue weighted by Crippen LogP contribution is -2.17. The molecule has 0 fully saturated rings. The van der Waals surface area contributed by atoms with Gasteiger partial charge in [-0.25, -0.2) is 4.52 Å². The molecule has 0 radical (unpaired) electrons. The third-order valence-electron chi connectivity index (χ3n) is 4.49. The van der Waals surface area contributed by atoms with Crippen LogP contribution in [0.1, 0.15) is 39.7 Å². The number of pyridine rings is 1. The fourth-order valence-corrected chi connectivity index (χ4v) is 3.24. The van der Waals surface area contributed by atoms with E-state index in [-0.39, 0.29) is 5.91 Å². The van der Waals surface area contributed by atoms with Crippen LogP contribution in [-0.4, -0.2) is 26.4 Å². The first kappa shape index (κ1) is 14.6. The highest BCUT2D eigenvalue weighted by Gasteiger charge is 2.18. The molecule has 0 atom stereocenters. The summed E-state index contributed by atoms with van der Waals surface area (Å²) in [7, 11) is 0. The number of hydrogen-bond donors (Lipinski definition) is 1. The van der Waals surface area contributed by atoms with Crippen LogP contribution in [0.5, 0.6) is 0 Å². The van der Waals surface area contributed by atoms with Gasteiger partial charge in [0.15, 0.2) is 0 Å². The summed E-state index contributed by atoms with van der Waals surface area (Å²) < 4.78 is 1.68. The van der Waals surface area contributed by atoms with Gasteiger partial charge < -0.3 is 5.32 Å². The number of fused-ring (bicyclic) bond motifs is 2. The average molecular weight is 319 g/mol. The Kier molecular flexibility index (Phi) is 3.19. The van der Waals surface area contributed by atoms with Crippen molar-refractivity contribution in [1.29, 1.82) is 0 Å². The second-order valence-electron chi connectivity index (χ2n) is 6.09. The molecule has 0 aliphatic carbocycles. The molecule has 1 aromatic carbocycles. The molecule has 0 bridgehead atoms. The number of aliphatic imine (C=N–C) groups is 1. The van der Waals surface area contributed by atoms with Crippen molar-refractivity contribution in [1.82, 2.24) is 14.8 Å². The number of hydrogen-bond acceptors (Lipinski definition) is 4. The third-order valence-corrected chi connectivity index (χ3v) is 4.49. The van der Waals surface area contributed by atoms with Crippen molar-refractivity contribution in [2.45, 2.75) is 27.3 Å². The Labute approximate surface area is 139 Å². The molecule has 1 N–H and O–H groups in total. The van der Waals surface area contributed by atoms with Crippen molar-refractivity contribution in [3.63, 3.8) is 0 Å². The fourth-order valence-electron chi connectivity index (χ4n) is 3.24. The van der Waals surface area contributed by atoms with Gasteiger partial charge in [-0.3, -0.25) is 9.79 Å². The van der Waals surface area contributed by atoms with Gasteiger partial charge in [-0.1, -0.05) is 11.3 Å². The first-order valence-electron chi connectivity index (χ1n) is 7.81. The number of carbonyl (C=O) groups excluding carboxylic acids is 1.